The Bertz CT molecular complexity index is 422. The average Bonchev–Trinajstić information content (AvgIpc) is 2.44. The van der Waals surface area contributed by atoms with Crippen molar-refractivity contribution >= 4 is 17.8 Å². The van der Waals surface area contributed by atoms with E-state index in [0.717, 1.165) is 13.1 Å². The molecular weight excluding hydrogens is 268 g/mol. The predicted octanol–water partition coefficient (Wildman–Crippen LogP) is 1.77. The monoisotopic (exact) mass is 296 g/mol. The Balaban J connectivity index is 2.90. The zero-order valence-corrected chi connectivity index (χ0v) is 13.8. The molecule has 0 bridgehead atoms. The van der Waals surface area contributed by atoms with Gasteiger partial charge in [0.25, 0.3) is 0 Å². The van der Waals surface area contributed by atoms with Gasteiger partial charge in [-0.05, 0) is 26.7 Å². The number of aromatic nitrogens is 3. The van der Waals surface area contributed by atoms with Gasteiger partial charge >= 0.3 is 0 Å². The Hall–Kier alpha value is -1.63. The van der Waals surface area contributed by atoms with Crippen molar-refractivity contribution in [2.75, 3.05) is 42.3 Å². The van der Waals surface area contributed by atoms with E-state index in [-0.39, 0.29) is 12.0 Å². The lowest BCUT2D eigenvalue weighted by molar-refractivity contribution is 0.126. The van der Waals surface area contributed by atoms with Gasteiger partial charge in [0.05, 0.1) is 12.6 Å². The van der Waals surface area contributed by atoms with Gasteiger partial charge < -0.3 is 20.7 Å². The van der Waals surface area contributed by atoms with Gasteiger partial charge in [0.15, 0.2) is 0 Å². The standard InChI is InChI=1S/C14H28N6O/c1-6-20(7-2)14-18-12(15)17-13(19-14)16-11(10(4)5)9-21-8-3/h10-11H,6-9H2,1-5H3,(H3,15,16,17,18,19). The highest BCUT2D eigenvalue weighted by molar-refractivity contribution is 5.42. The highest BCUT2D eigenvalue weighted by Gasteiger charge is 2.16. The van der Waals surface area contributed by atoms with Gasteiger partial charge in [-0.2, -0.15) is 15.0 Å². The maximum absolute atomic E-state index is 5.80. The smallest absolute Gasteiger partial charge is 0.231 e. The predicted molar refractivity (Wildman–Crippen MR) is 86.5 cm³/mol. The number of hydrogen-bond acceptors (Lipinski definition) is 7. The summed E-state index contributed by atoms with van der Waals surface area (Å²) in [6.07, 6.45) is 0. The van der Waals surface area contributed by atoms with E-state index >= 15 is 0 Å². The van der Waals surface area contributed by atoms with Crippen molar-refractivity contribution in [3.05, 3.63) is 0 Å². The Kier molecular flexibility index (Phi) is 7.14. The molecule has 1 heterocycles. The maximum Gasteiger partial charge on any atom is 0.231 e. The molecule has 0 aromatic carbocycles. The van der Waals surface area contributed by atoms with Crippen molar-refractivity contribution in [2.24, 2.45) is 5.92 Å². The summed E-state index contributed by atoms with van der Waals surface area (Å²) in [5, 5.41) is 3.30. The molecule has 120 valence electrons. The van der Waals surface area contributed by atoms with Crippen molar-refractivity contribution < 1.29 is 4.74 Å². The molecule has 0 saturated heterocycles. The summed E-state index contributed by atoms with van der Waals surface area (Å²) in [6.45, 7) is 13.3. The van der Waals surface area contributed by atoms with E-state index < -0.39 is 0 Å². The summed E-state index contributed by atoms with van der Waals surface area (Å²) < 4.78 is 5.50. The quantitative estimate of drug-likeness (QED) is 0.718. The first kappa shape index (κ1) is 17.4. The van der Waals surface area contributed by atoms with E-state index in [2.05, 4.69) is 48.0 Å². The summed E-state index contributed by atoms with van der Waals surface area (Å²) in [6, 6.07) is 0.135. The number of ether oxygens (including phenoxy) is 1. The first-order valence-electron chi connectivity index (χ1n) is 7.62. The number of nitrogens with one attached hydrogen (secondary N) is 1. The van der Waals surface area contributed by atoms with Crippen LogP contribution in [0.1, 0.15) is 34.6 Å². The van der Waals surface area contributed by atoms with Gasteiger partial charge in [0, 0.05) is 19.7 Å². The van der Waals surface area contributed by atoms with Crippen LogP contribution in [0.25, 0.3) is 0 Å². The molecule has 3 N–H and O–H groups in total. The molecule has 0 aliphatic heterocycles. The molecule has 0 aliphatic carbocycles. The van der Waals surface area contributed by atoms with Crippen molar-refractivity contribution in [1.29, 1.82) is 0 Å². The second-order valence-corrected chi connectivity index (χ2v) is 5.14. The molecule has 7 nitrogen and oxygen atoms in total. The molecular formula is C14H28N6O. The van der Waals surface area contributed by atoms with Gasteiger partial charge in [-0.15, -0.1) is 0 Å². The number of nitrogen functional groups attached to an aromatic ring is 1. The van der Waals surface area contributed by atoms with Crippen LogP contribution in [0.3, 0.4) is 0 Å². The zero-order chi connectivity index (χ0) is 15.8. The number of nitrogens with two attached hydrogens (primary N) is 1. The molecule has 0 saturated carbocycles. The SMILES string of the molecule is CCOCC(Nc1nc(N)nc(N(CC)CC)n1)C(C)C. The lowest BCUT2D eigenvalue weighted by atomic mass is 10.1. The number of nitrogens with zero attached hydrogens (tertiary/aromatic N) is 4. The van der Waals surface area contributed by atoms with E-state index in [9.17, 15) is 0 Å². The second kappa shape index (κ2) is 8.61. The van der Waals surface area contributed by atoms with Crippen LogP contribution >= 0.6 is 0 Å². The van der Waals surface area contributed by atoms with Gasteiger partial charge in [-0.1, -0.05) is 13.8 Å². The van der Waals surface area contributed by atoms with E-state index in [0.29, 0.717) is 31.0 Å². The molecule has 7 heteroatoms. The fraction of sp³-hybridized carbons (Fsp3) is 0.786. The molecule has 0 aliphatic rings. The molecule has 0 amide bonds. The highest BCUT2D eigenvalue weighted by atomic mass is 16.5. The minimum atomic E-state index is 0.135. The van der Waals surface area contributed by atoms with Gasteiger partial charge in [0.1, 0.15) is 0 Å². The van der Waals surface area contributed by atoms with E-state index in [4.69, 9.17) is 10.5 Å². The van der Waals surface area contributed by atoms with Crippen LogP contribution in [0.4, 0.5) is 17.8 Å². The van der Waals surface area contributed by atoms with Crippen LogP contribution in [0.5, 0.6) is 0 Å². The summed E-state index contributed by atoms with van der Waals surface area (Å²) in [5.41, 5.74) is 5.80. The molecule has 21 heavy (non-hydrogen) atoms. The summed E-state index contributed by atoms with van der Waals surface area (Å²) in [7, 11) is 0. The van der Waals surface area contributed by atoms with Crippen LogP contribution in [0.2, 0.25) is 0 Å². The Morgan fingerprint density at radius 1 is 1.14 bits per heavy atom. The zero-order valence-electron chi connectivity index (χ0n) is 13.8. The fourth-order valence-electron chi connectivity index (χ4n) is 1.90. The van der Waals surface area contributed by atoms with Crippen LogP contribution in [0, 0.1) is 5.92 Å². The second-order valence-electron chi connectivity index (χ2n) is 5.14. The lowest BCUT2D eigenvalue weighted by Gasteiger charge is -2.23. The molecule has 1 aromatic heterocycles. The normalized spacial score (nSPS) is 12.5. The Labute approximate surface area is 127 Å². The highest BCUT2D eigenvalue weighted by Crippen LogP contribution is 2.14. The molecule has 0 radical (unpaired) electrons. The van der Waals surface area contributed by atoms with Crippen molar-refractivity contribution in [2.45, 2.75) is 40.7 Å². The van der Waals surface area contributed by atoms with E-state index in [1.807, 2.05) is 11.8 Å². The topological polar surface area (TPSA) is 89.2 Å². The molecule has 1 rings (SSSR count). The molecule has 1 unspecified atom stereocenters. The molecule has 1 aromatic rings. The van der Waals surface area contributed by atoms with Gasteiger partial charge in [-0.3, -0.25) is 0 Å². The summed E-state index contributed by atoms with van der Waals surface area (Å²) in [4.78, 5) is 14.9. The fourth-order valence-corrected chi connectivity index (χ4v) is 1.90. The number of rotatable bonds is 9. The van der Waals surface area contributed by atoms with Crippen LogP contribution in [-0.4, -0.2) is 47.3 Å². The first-order chi connectivity index (χ1) is 10.0. The van der Waals surface area contributed by atoms with Gasteiger partial charge in [-0.25, -0.2) is 0 Å². The van der Waals surface area contributed by atoms with Gasteiger partial charge in [0.2, 0.25) is 17.8 Å². The number of hydrogen-bond donors (Lipinski definition) is 2. The largest absolute Gasteiger partial charge is 0.380 e. The third-order valence-electron chi connectivity index (χ3n) is 3.31. The number of anilines is 3. The summed E-state index contributed by atoms with van der Waals surface area (Å²) in [5.74, 6) is 1.73. The average molecular weight is 296 g/mol. The molecule has 0 fully saturated rings. The van der Waals surface area contributed by atoms with Crippen LogP contribution in [-0.2, 0) is 4.74 Å². The van der Waals surface area contributed by atoms with Crippen molar-refractivity contribution in [3.8, 4) is 0 Å². The third kappa shape index (κ3) is 5.34. The van der Waals surface area contributed by atoms with Crippen LogP contribution < -0.4 is 16.0 Å². The van der Waals surface area contributed by atoms with E-state index in [1.165, 1.54) is 0 Å². The lowest BCUT2D eigenvalue weighted by Crippen LogP contribution is -2.32. The van der Waals surface area contributed by atoms with Crippen molar-refractivity contribution in [1.82, 2.24) is 15.0 Å². The Morgan fingerprint density at radius 2 is 1.81 bits per heavy atom. The Morgan fingerprint density at radius 3 is 2.33 bits per heavy atom. The first-order valence-corrected chi connectivity index (χ1v) is 7.62. The van der Waals surface area contributed by atoms with E-state index in [1.54, 1.807) is 0 Å². The molecule has 1 atom stereocenters. The minimum Gasteiger partial charge on any atom is -0.380 e. The van der Waals surface area contributed by atoms with Crippen LogP contribution in [0.15, 0.2) is 0 Å². The minimum absolute atomic E-state index is 0.135. The maximum atomic E-state index is 5.80. The van der Waals surface area contributed by atoms with Crippen molar-refractivity contribution in [3.63, 3.8) is 0 Å². The third-order valence-corrected chi connectivity index (χ3v) is 3.31. The summed E-state index contributed by atoms with van der Waals surface area (Å²) >= 11 is 0. The molecule has 0 spiro atoms.